The maximum absolute atomic E-state index is 3.93. The predicted octanol–water partition coefficient (Wildman–Crippen LogP) is 4.75. The summed E-state index contributed by atoms with van der Waals surface area (Å²) in [5, 5.41) is 0. The van der Waals surface area contributed by atoms with Gasteiger partial charge in [-0.3, -0.25) is 0 Å². The molecule has 2 heteroatoms. The van der Waals surface area contributed by atoms with Crippen molar-refractivity contribution in [2.45, 2.75) is 73.1 Å². The fourth-order valence-corrected chi connectivity index (χ4v) is 8.30. The van der Waals surface area contributed by atoms with Crippen LogP contribution in [0.15, 0.2) is 0 Å². The zero-order valence-electron chi connectivity index (χ0n) is 14.1. The molecule has 0 spiro atoms. The number of hydrogen-bond donors (Lipinski definition) is 1. The summed E-state index contributed by atoms with van der Waals surface area (Å²) in [7, 11) is -1.30. The van der Waals surface area contributed by atoms with Gasteiger partial charge in [0.1, 0.15) is 8.24 Å². The molecule has 0 heterocycles. The van der Waals surface area contributed by atoms with Crippen LogP contribution in [-0.2, 0) is 0 Å². The smallest absolute Gasteiger partial charge is 0.120 e. The Kier molecular flexibility index (Phi) is 4.76. The first kappa shape index (κ1) is 16.2. The highest BCUT2D eigenvalue weighted by Gasteiger charge is 2.44. The molecular weight excluding hydrogens is 234 g/mol. The molecular formula is C16H35NSi. The molecule has 0 aromatic carbocycles. The first-order valence-corrected chi connectivity index (χ1v) is 10.9. The number of hydrogen-bond acceptors (Lipinski definition) is 1. The summed E-state index contributed by atoms with van der Waals surface area (Å²) in [6.45, 7) is 21.8. The summed E-state index contributed by atoms with van der Waals surface area (Å²) in [5.74, 6) is 4.49. The largest absolute Gasteiger partial charge is 0.333 e. The molecule has 0 radical (unpaired) electrons. The van der Waals surface area contributed by atoms with E-state index in [1.807, 2.05) is 0 Å². The lowest BCUT2D eigenvalue weighted by atomic mass is 9.91. The highest BCUT2D eigenvalue weighted by molar-refractivity contribution is 6.75. The van der Waals surface area contributed by atoms with Crippen molar-refractivity contribution in [2.75, 3.05) is 0 Å². The van der Waals surface area contributed by atoms with Crippen LogP contribution in [0.2, 0.25) is 19.1 Å². The lowest BCUT2D eigenvalue weighted by Crippen LogP contribution is -2.55. The molecule has 0 aliphatic heterocycles. The normalized spacial score (nSPS) is 38.2. The van der Waals surface area contributed by atoms with E-state index in [0.717, 1.165) is 29.6 Å². The van der Waals surface area contributed by atoms with E-state index >= 15 is 0 Å². The SMILES string of the molecule is CC1C(C)C(C)C(C[Si](C)(C)NC(C)(C)C)C1C. The van der Waals surface area contributed by atoms with Crippen LogP contribution in [0.3, 0.4) is 0 Å². The van der Waals surface area contributed by atoms with Crippen LogP contribution in [0, 0.1) is 29.6 Å². The van der Waals surface area contributed by atoms with Gasteiger partial charge in [-0.2, -0.15) is 0 Å². The molecule has 4 atom stereocenters. The maximum Gasteiger partial charge on any atom is 0.120 e. The van der Waals surface area contributed by atoms with Crippen molar-refractivity contribution in [3.05, 3.63) is 0 Å². The zero-order valence-corrected chi connectivity index (χ0v) is 15.1. The van der Waals surface area contributed by atoms with Crippen LogP contribution in [0.5, 0.6) is 0 Å². The van der Waals surface area contributed by atoms with E-state index < -0.39 is 8.24 Å². The van der Waals surface area contributed by atoms with Crippen LogP contribution in [0.25, 0.3) is 0 Å². The van der Waals surface area contributed by atoms with Gasteiger partial charge in [0.15, 0.2) is 0 Å². The second-order valence-corrected chi connectivity index (χ2v) is 13.0. The molecule has 4 unspecified atom stereocenters. The van der Waals surface area contributed by atoms with E-state index in [2.05, 4.69) is 66.5 Å². The van der Waals surface area contributed by atoms with Crippen molar-refractivity contribution < 1.29 is 0 Å². The summed E-state index contributed by atoms with van der Waals surface area (Å²) < 4.78 is 0. The van der Waals surface area contributed by atoms with E-state index in [-0.39, 0.29) is 5.54 Å². The van der Waals surface area contributed by atoms with Gasteiger partial charge >= 0.3 is 0 Å². The van der Waals surface area contributed by atoms with Crippen LogP contribution in [-0.4, -0.2) is 13.8 Å². The molecule has 0 saturated heterocycles. The molecule has 1 aliphatic carbocycles. The van der Waals surface area contributed by atoms with Crippen molar-refractivity contribution in [3.8, 4) is 0 Å². The van der Waals surface area contributed by atoms with Gasteiger partial charge in [0.25, 0.3) is 0 Å². The number of nitrogens with one attached hydrogen (secondary N) is 1. The summed E-state index contributed by atoms with van der Waals surface area (Å²) in [5.41, 5.74) is 0.262. The fraction of sp³-hybridized carbons (Fsp3) is 1.00. The number of rotatable bonds is 3. The lowest BCUT2D eigenvalue weighted by Gasteiger charge is -2.37. The summed E-state index contributed by atoms with van der Waals surface area (Å²) in [6.07, 6.45) is 0. The predicted molar refractivity (Wildman–Crippen MR) is 85.3 cm³/mol. The molecule has 108 valence electrons. The molecule has 1 aliphatic rings. The highest BCUT2D eigenvalue weighted by atomic mass is 28.3. The molecule has 18 heavy (non-hydrogen) atoms. The third kappa shape index (κ3) is 3.83. The first-order chi connectivity index (χ1) is 7.94. The van der Waals surface area contributed by atoms with Crippen LogP contribution in [0.1, 0.15) is 48.5 Å². The second-order valence-electron chi connectivity index (χ2n) is 8.56. The minimum absolute atomic E-state index is 0.262. The van der Waals surface area contributed by atoms with Gasteiger partial charge in [-0.05, 0) is 56.4 Å². The quantitative estimate of drug-likeness (QED) is 0.729. The zero-order chi connectivity index (χ0) is 14.3. The molecule has 1 saturated carbocycles. The van der Waals surface area contributed by atoms with Gasteiger partial charge in [-0.1, -0.05) is 40.8 Å². The van der Waals surface area contributed by atoms with Gasteiger partial charge in [0.05, 0.1) is 0 Å². The van der Waals surface area contributed by atoms with Crippen LogP contribution in [0.4, 0.5) is 0 Å². The summed E-state index contributed by atoms with van der Waals surface area (Å²) >= 11 is 0. The maximum atomic E-state index is 3.93. The first-order valence-electron chi connectivity index (χ1n) is 7.74. The molecule has 1 rings (SSSR count). The van der Waals surface area contributed by atoms with Gasteiger partial charge in [-0.25, -0.2) is 0 Å². The van der Waals surface area contributed by atoms with Crippen LogP contribution < -0.4 is 4.98 Å². The Morgan fingerprint density at radius 3 is 1.56 bits per heavy atom. The van der Waals surface area contributed by atoms with E-state index in [9.17, 15) is 0 Å². The Balaban J connectivity index is 2.72. The van der Waals surface area contributed by atoms with Crippen molar-refractivity contribution in [3.63, 3.8) is 0 Å². The molecule has 0 aromatic rings. The molecule has 0 amide bonds. The van der Waals surface area contributed by atoms with Gasteiger partial charge < -0.3 is 4.98 Å². The second kappa shape index (κ2) is 5.28. The van der Waals surface area contributed by atoms with Gasteiger partial charge in [-0.15, -0.1) is 0 Å². The molecule has 1 fully saturated rings. The van der Waals surface area contributed by atoms with Gasteiger partial charge in [0.2, 0.25) is 0 Å². The van der Waals surface area contributed by atoms with E-state index in [4.69, 9.17) is 0 Å². The average molecular weight is 270 g/mol. The fourth-order valence-electron chi connectivity index (χ4n) is 4.24. The monoisotopic (exact) mass is 269 g/mol. The standard InChI is InChI=1S/C16H35NSi/c1-11-12(2)14(4)15(13(11)3)10-18(8,9)17-16(5,6)7/h11-15,17H,10H2,1-9H3. The Morgan fingerprint density at radius 1 is 0.833 bits per heavy atom. The van der Waals surface area contributed by atoms with E-state index in [1.165, 1.54) is 6.04 Å². The molecule has 1 nitrogen and oxygen atoms in total. The topological polar surface area (TPSA) is 12.0 Å². The Labute approximate surface area is 116 Å². The van der Waals surface area contributed by atoms with Crippen LogP contribution >= 0.6 is 0 Å². The average Bonchev–Trinajstić information content (AvgIpc) is 2.32. The third-order valence-electron chi connectivity index (χ3n) is 5.30. The van der Waals surface area contributed by atoms with E-state index in [0.29, 0.717) is 0 Å². The molecule has 0 bridgehead atoms. The summed E-state index contributed by atoms with van der Waals surface area (Å²) in [6, 6.07) is 1.43. The summed E-state index contributed by atoms with van der Waals surface area (Å²) in [4.78, 5) is 3.93. The van der Waals surface area contributed by atoms with Gasteiger partial charge in [0, 0.05) is 5.54 Å². The Hall–Kier alpha value is 0.177. The van der Waals surface area contributed by atoms with E-state index in [1.54, 1.807) is 0 Å². The Morgan fingerprint density at radius 2 is 1.22 bits per heavy atom. The third-order valence-corrected chi connectivity index (χ3v) is 8.22. The Bertz CT molecular complexity index is 265. The molecule has 1 N–H and O–H groups in total. The highest BCUT2D eigenvalue weighted by Crippen LogP contribution is 2.48. The van der Waals surface area contributed by atoms with Crippen molar-refractivity contribution in [2.24, 2.45) is 29.6 Å². The van der Waals surface area contributed by atoms with Crippen molar-refractivity contribution >= 4 is 8.24 Å². The molecule has 0 aromatic heterocycles. The minimum atomic E-state index is -1.30. The van der Waals surface area contributed by atoms with Crippen molar-refractivity contribution in [1.29, 1.82) is 0 Å². The van der Waals surface area contributed by atoms with Crippen molar-refractivity contribution in [1.82, 2.24) is 4.98 Å². The minimum Gasteiger partial charge on any atom is -0.333 e. The lowest BCUT2D eigenvalue weighted by molar-refractivity contribution is 0.344.